The van der Waals surface area contributed by atoms with Crippen molar-refractivity contribution in [3.63, 3.8) is 0 Å². The highest BCUT2D eigenvalue weighted by atomic mass is 32.2. The van der Waals surface area contributed by atoms with Crippen LogP contribution in [0.3, 0.4) is 0 Å². The van der Waals surface area contributed by atoms with Gasteiger partial charge >= 0.3 is 0 Å². The van der Waals surface area contributed by atoms with Crippen LogP contribution in [0.25, 0.3) is 11.1 Å². The molecule has 3 nitrogen and oxygen atoms in total. The summed E-state index contributed by atoms with van der Waals surface area (Å²) < 4.78 is 5.79. The Hall–Kier alpha value is -1.16. The molecule has 1 aliphatic heterocycles. The monoisotopic (exact) mass is 274 g/mol. The number of anilines is 1. The maximum Gasteiger partial charge on any atom is 0.198 e. The molecule has 2 aliphatic rings. The minimum absolute atomic E-state index is 0.580. The van der Waals surface area contributed by atoms with E-state index in [2.05, 4.69) is 29.4 Å². The van der Waals surface area contributed by atoms with E-state index in [-0.39, 0.29) is 0 Å². The number of rotatable bonds is 3. The summed E-state index contributed by atoms with van der Waals surface area (Å²) in [5.41, 5.74) is 3.08. The van der Waals surface area contributed by atoms with Gasteiger partial charge in [0.25, 0.3) is 0 Å². The van der Waals surface area contributed by atoms with Gasteiger partial charge in [-0.3, -0.25) is 0 Å². The summed E-state index contributed by atoms with van der Waals surface area (Å²) >= 11 is 2.05. The van der Waals surface area contributed by atoms with Crippen LogP contribution in [0.2, 0.25) is 0 Å². The highest BCUT2D eigenvalue weighted by Gasteiger charge is 2.29. The third-order valence-electron chi connectivity index (χ3n) is 3.90. The smallest absolute Gasteiger partial charge is 0.198 e. The lowest BCUT2D eigenvalue weighted by atomic mass is 10.2. The fourth-order valence-corrected chi connectivity index (χ4v) is 3.84. The number of hydrogen-bond donors (Lipinski definition) is 1. The number of fused-ring (bicyclic) bond motifs is 1. The van der Waals surface area contributed by atoms with E-state index in [1.165, 1.54) is 30.7 Å². The Morgan fingerprint density at radius 3 is 3.00 bits per heavy atom. The third kappa shape index (κ3) is 2.34. The molecule has 2 aromatic rings. The van der Waals surface area contributed by atoms with Gasteiger partial charge in [-0.1, -0.05) is 6.92 Å². The minimum atomic E-state index is 0.580. The van der Waals surface area contributed by atoms with Crippen LogP contribution in [0.1, 0.15) is 38.0 Å². The Balaban J connectivity index is 1.56. The van der Waals surface area contributed by atoms with Crippen molar-refractivity contribution in [2.24, 2.45) is 0 Å². The van der Waals surface area contributed by atoms with Gasteiger partial charge in [0.05, 0.1) is 0 Å². The molecule has 0 amide bonds. The van der Waals surface area contributed by atoms with Gasteiger partial charge in [0.15, 0.2) is 11.5 Å². The van der Waals surface area contributed by atoms with E-state index in [0.29, 0.717) is 12.0 Å². The Labute approximate surface area is 117 Å². The van der Waals surface area contributed by atoms with Gasteiger partial charge in [-0.05, 0) is 37.5 Å². The highest BCUT2D eigenvalue weighted by molar-refractivity contribution is 8.00. The molecule has 1 aliphatic carbocycles. The van der Waals surface area contributed by atoms with Crippen LogP contribution in [0, 0.1) is 0 Å². The van der Waals surface area contributed by atoms with Crippen molar-refractivity contribution in [2.75, 3.05) is 11.1 Å². The average molecular weight is 274 g/mol. The molecule has 1 aromatic carbocycles. The summed E-state index contributed by atoms with van der Waals surface area (Å²) in [5.74, 6) is 2.71. The first kappa shape index (κ1) is 11.6. The van der Waals surface area contributed by atoms with E-state index in [4.69, 9.17) is 4.42 Å². The quantitative estimate of drug-likeness (QED) is 0.917. The summed E-state index contributed by atoms with van der Waals surface area (Å²) in [6, 6.07) is 6.87. The van der Waals surface area contributed by atoms with Crippen LogP contribution in [0.5, 0.6) is 0 Å². The molecule has 19 heavy (non-hydrogen) atoms. The predicted molar refractivity (Wildman–Crippen MR) is 79.9 cm³/mol. The molecule has 1 saturated carbocycles. The zero-order chi connectivity index (χ0) is 12.8. The normalized spacial score (nSPS) is 27.0. The number of nitrogens with zero attached hydrogens (tertiary/aromatic N) is 1. The number of aromatic nitrogens is 1. The number of benzene rings is 1. The number of oxazole rings is 1. The second kappa shape index (κ2) is 4.44. The molecular formula is C15H18N2OS. The van der Waals surface area contributed by atoms with Crippen molar-refractivity contribution in [3.8, 4) is 0 Å². The summed E-state index contributed by atoms with van der Waals surface area (Å²) in [7, 11) is 0. The number of nitrogens with one attached hydrogen (secondary N) is 1. The first-order chi connectivity index (χ1) is 9.28. The lowest BCUT2D eigenvalue weighted by Gasteiger charge is -2.12. The Kier molecular flexibility index (Phi) is 2.72. The maximum absolute atomic E-state index is 5.79. The lowest BCUT2D eigenvalue weighted by Crippen LogP contribution is -2.18. The van der Waals surface area contributed by atoms with Gasteiger partial charge in [-0.15, -0.1) is 0 Å². The van der Waals surface area contributed by atoms with E-state index in [1.807, 2.05) is 17.8 Å². The summed E-state index contributed by atoms with van der Waals surface area (Å²) in [4.78, 5) is 4.61. The van der Waals surface area contributed by atoms with Crippen molar-refractivity contribution in [3.05, 3.63) is 24.1 Å². The fraction of sp³-hybridized carbons (Fsp3) is 0.533. The molecule has 4 heteroatoms. The van der Waals surface area contributed by atoms with Crippen molar-refractivity contribution >= 4 is 28.5 Å². The molecule has 0 spiro atoms. The van der Waals surface area contributed by atoms with Crippen molar-refractivity contribution in [1.29, 1.82) is 0 Å². The van der Waals surface area contributed by atoms with Gasteiger partial charge in [0.1, 0.15) is 5.52 Å². The predicted octanol–water partition coefficient (Wildman–Crippen LogP) is 4.01. The Bertz CT molecular complexity index is 605. The molecular weight excluding hydrogens is 256 g/mol. The standard InChI is InChI=1S/C15H18N2OS/c1-9-6-12(8-19-9)16-11-4-5-14-13(7-11)17-15(18-14)10-2-3-10/h4-5,7,9-10,12,16H,2-3,6,8H2,1H3. The van der Waals surface area contributed by atoms with E-state index >= 15 is 0 Å². The van der Waals surface area contributed by atoms with E-state index in [9.17, 15) is 0 Å². The zero-order valence-electron chi connectivity index (χ0n) is 11.1. The first-order valence-corrected chi connectivity index (χ1v) is 8.11. The van der Waals surface area contributed by atoms with Crippen LogP contribution in [0.4, 0.5) is 5.69 Å². The molecule has 1 aromatic heterocycles. The van der Waals surface area contributed by atoms with E-state index in [0.717, 1.165) is 22.2 Å². The number of hydrogen-bond acceptors (Lipinski definition) is 4. The molecule has 2 atom stereocenters. The zero-order valence-corrected chi connectivity index (χ0v) is 11.9. The maximum atomic E-state index is 5.79. The molecule has 0 radical (unpaired) electrons. The molecule has 0 bridgehead atoms. The van der Waals surface area contributed by atoms with Crippen molar-refractivity contribution in [2.45, 2.75) is 43.4 Å². The third-order valence-corrected chi connectivity index (χ3v) is 5.26. The van der Waals surface area contributed by atoms with E-state index in [1.54, 1.807) is 0 Å². The molecule has 1 N–H and O–H groups in total. The van der Waals surface area contributed by atoms with Crippen LogP contribution < -0.4 is 5.32 Å². The molecule has 2 unspecified atom stereocenters. The minimum Gasteiger partial charge on any atom is -0.440 e. The van der Waals surface area contributed by atoms with Gasteiger partial charge in [0.2, 0.25) is 0 Å². The van der Waals surface area contributed by atoms with Crippen LogP contribution in [0.15, 0.2) is 22.6 Å². The Morgan fingerprint density at radius 1 is 1.37 bits per heavy atom. The summed E-state index contributed by atoms with van der Waals surface area (Å²) in [6.07, 6.45) is 3.71. The van der Waals surface area contributed by atoms with Crippen LogP contribution in [-0.2, 0) is 0 Å². The largest absolute Gasteiger partial charge is 0.440 e. The van der Waals surface area contributed by atoms with Crippen molar-refractivity contribution in [1.82, 2.24) is 4.98 Å². The molecule has 2 fully saturated rings. The lowest BCUT2D eigenvalue weighted by molar-refractivity contribution is 0.533. The SMILES string of the molecule is CC1CC(Nc2ccc3oc(C4CC4)nc3c2)CS1. The molecule has 100 valence electrons. The summed E-state index contributed by atoms with van der Waals surface area (Å²) in [6.45, 7) is 2.30. The Morgan fingerprint density at radius 2 is 2.26 bits per heavy atom. The van der Waals surface area contributed by atoms with E-state index < -0.39 is 0 Å². The second-order valence-corrected chi connectivity index (χ2v) is 7.20. The van der Waals surface area contributed by atoms with Gasteiger partial charge < -0.3 is 9.73 Å². The number of thioether (sulfide) groups is 1. The van der Waals surface area contributed by atoms with Crippen LogP contribution >= 0.6 is 11.8 Å². The molecule has 4 rings (SSSR count). The highest BCUT2D eigenvalue weighted by Crippen LogP contribution is 2.40. The topological polar surface area (TPSA) is 38.1 Å². The molecule has 1 saturated heterocycles. The van der Waals surface area contributed by atoms with Gasteiger partial charge in [-0.2, -0.15) is 11.8 Å². The fourth-order valence-electron chi connectivity index (χ4n) is 2.69. The van der Waals surface area contributed by atoms with Gasteiger partial charge in [0, 0.05) is 28.6 Å². The second-order valence-electron chi connectivity index (χ2n) is 5.73. The average Bonchev–Trinajstić information content (AvgIpc) is 3.04. The van der Waals surface area contributed by atoms with Crippen LogP contribution in [-0.4, -0.2) is 22.0 Å². The van der Waals surface area contributed by atoms with Gasteiger partial charge in [-0.25, -0.2) is 4.98 Å². The molecule has 2 heterocycles. The first-order valence-electron chi connectivity index (χ1n) is 7.06. The van der Waals surface area contributed by atoms with Crippen molar-refractivity contribution < 1.29 is 4.42 Å². The summed E-state index contributed by atoms with van der Waals surface area (Å²) in [5, 5.41) is 4.39.